The van der Waals surface area contributed by atoms with Crippen molar-refractivity contribution in [2.24, 2.45) is 0 Å². The summed E-state index contributed by atoms with van der Waals surface area (Å²) in [6.45, 7) is 9.94. The van der Waals surface area contributed by atoms with E-state index in [9.17, 15) is 4.79 Å². The molecule has 0 aliphatic carbocycles. The van der Waals surface area contributed by atoms with Gasteiger partial charge in [0.15, 0.2) is 0 Å². The Labute approximate surface area is 162 Å². The van der Waals surface area contributed by atoms with Crippen LogP contribution in [-0.2, 0) is 9.47 Å². The third-order valence-corrected chi connectivity index (χ3v) is 4.16. The Hall–Kier alpha value is -2.33. The molecule has 0 saturated heterocycles. The Morgan fingerprint density at radius 3 is 1.85 bits per heavy atom. The quantitative estimate of drug-likeness (QED) is 0.735. The van der Waals surface area contributed by atoms with Crippen molar-refractivity contribution in [3.8, 4) is 0 Å². The molecule has 0 saturated carbocycles. The normalized spacial score (nSPS) is 13.9. The highest BCUT2D eigenvalue weighted by Gasteiger charge is 2.23. The van der Waals surface area contributed by atoms with Crippen LogP contribution in [0.25, 0.3) is 0 Å². The monoisotopic (exact) mass is 369 g/mol. The number of carbonyl (C=O) groups is 1. The van der Waals surface area contributed by atoms with Gasteiger partial charge in [0, 0.05) is 5.92 Å². The highest BCUT2D eigenvalue weighted by atomic mass is 16.6. The number of benzene rings is 2. The zero-order chi connectivity index (χ0) is 19.9. The van der Waals surface area contributed by atoms with E-state index in [0.717, 1.165) is 0 Å². The molecule has 0 spiro atoms. The second-order valence-electron chi connectivity index (χ2n) is 7.88. The standard InChI is InChI=1S/C23H31NO3/c1-17(24-22(25)27-23(3,4)5)16-26-18(2)21(19-12-8-6-9-13-19)20-14-10-7-11-15-20/h6-15,17-18,21H,16H2,1-5H3,(H,24,25)/t17-,18-/m0/s1. The first-order valence-corrected chi connectivity index (χ1v) is 9.47. The number of nitrogens with one attached hydrogen (secondary N) is 1. The van der Waals surface area contributed by atoms with Crippen LogP contribution in [0.3, 0.4) is 0 Å². The summed E-state index contributed by atoms with van der Waals surface area (Å²) in [5.74, 6) is 0.126. The highest BCUT2D eigenvalue weighted by Crippen LogP contribution is 2.29. The van der Waals surface area contributed by atoms with Crippen LogP contribution in [0.1, 0.15) is 51.7 Å². The van der Waals surface area contributed by atoms with Crippen LogP contribution in [0.5, 0.6) is 0 Å². The predicted octanol–water partition coefficient (Wildman–Crippen LogP) is 5.14. The third-order valence-electron chi connectivity index (χ3n) is 4.16. The van der Waals surface area contributed by atoms with Crippen molar-refractivity contribution < 1.29 is 14.3 Å². The fourth-order valence-electron chi connectivity index (χ4n) is 3.00. The maximum Gasteiger partial charge on any atom is 0.407 e. The molecular weight excluding hydrogens is 338 g/mol. The van der Waals surface area contributed by atoms with Crippen molar-refractivity contribution in [2.45, 2.75) is 58.3 Å². The molecule has 2 aromatic rings. The Morgan fingerprint density at radius 2 is 1.41 bits per heavy atom. The van der Waals surface area contributed by atoms with Crippen LogP contribution in [0.4, 0.5) is 4.79 Å². The van der Waals surface area contributed by atoms with Gasteiger partial charge < -0.3 is 14.8 Å². The van der Waals surface area contributed by atoms with E-state index in [4.69, 9.17) is 9.47 Å². The van der Waals surface area contributed by atoms with Crippen LogP contribution in [0, 0.1) is 0 Å². The van der Waals surface area contributed by atoms with E-state index in [1.807, 2.05) is 64.1 Å². The summed E-state index contributed by atoms with van der Waals surface area (Å²) in [6, 6.07) is 20.6. The third kappa shape index (κ3) is 7.06. The molecule has 4 nitrogen and oxygen atoms in total. The van der Waals surface area contributed by atoms with Crippen molar-refractivity contribution in [3.05, 3.63) is 71.8 Å². The highest BCUT2D eigenvalue weighted by molar-refractivity contribution is 5.68. The van der Waals surface area contributed by atoms with Gasteiger partial charge in [-0.2, -0.15) is 0 Å². The van der Waals surface area contributed by atoms with Crippen molar-refractivity contribution in [1.82, 2.24) is 5.32 Å². The molecule has 0 aromatic heterocycles. The van der Waals surface area contributed by atoms with Gasteiger partial charge in [-0.05, 0) is 45.7 Å². The lowest BCUT2D eigenvalue weighted by molar-refractivity contribution is 0.0287. The van der Waals surface area contributed by atoms with Crippen LogP contribution in [0.15, 0.2) is 60.7 Å². The number of carbonyl (C=O) groups excluding carboxylic acids is 1. The topological polar surface area (TPSA) is 47.6 Å². The summed E-state index contributed by atoms with van der Waals surface area (Å²) in [7, 11) is 0. The number of hydrogen-bond donors (Lipinski definition) is 1. The molecule has 2 aromatic carbocycles. The molecule has 1 amide bonds. The van der Waals surface area contributed by atoms with Crippen molar-refractivity contribution in [1.29, 1.82) is 0 Å². The zero-order valence-corrected chi connectivity index (χ0v) is 16.9. The smallest absolute Gasteiger partial charge is 0.407 e. The van der Waals surface area contributed by atoms with Crippen LogP contribution in [-0.4, -0.2) is 30.4 Å². The van der Waals surface area contributed by atoms with Gasteiger partial charge >= 0.3 is 6.09 Å². The van der Waals surface area contributed by atoms with E-state index in [1.54, 1.807) is 0 Å². The van der Waals surface area contributed by atoms with Crippen LogP contribution in [0.2, 0.25) is 0 Å². The van der Waals surface area contributed by atoms with E-state index in [0.29, 0.717) is 6.61 Å². The Bertz CT molecular complexity index is 655. The minimum Gasteiger partial charge on any atom is -0.444 e. The molecular formula is C23H31NO3. The molecule has 2 rings (SSSR count). The Kier molecular flexibility index (Phi) is 7.43. The molecule has 0 fully saturated rings. The van der Waals surface area contributed by atoms with Gasteiger partial charge in [-0.3, -0.25) is 0 Å². The molecule has 0 aliphatic rings. The van der Waals surface area contributed by atoms with Crippen LogP contribution < -0.4 is 5.32 Å². The lowest BCUT2D eigenvalue weighted by Crippen LogP contribution is -2.40. The first-order valence-electron chi connectivity index (χ1n) is 9.47. The number of ether oxygens (including phenoxy) is 2. The summed E-state index contributed by atoms with van der Waals surface area (Å²) in [6.07, 6.45) is -0.466. The van der Waals surface area contributed by atoms with Crippen molar-refractivity contribution >= 4 is 6.09 Å². The van der Waals surface area contributed by atoms with Crippen LogP contribution >= 0.6 is 0 Å². The summed E-state index contributed by atoms with van der Waals surface area (Å²) < 4.78 is 11.4. The fraction of sp³-hybridized carbons (Fsp3) is 0.435. The van der Waals surface area contributed by atoms with E-state index in [-0.39, 0.29) is 18.1 Å². The lowest BCUT2D eigenvalue weighted by atomic mass is 9.87. The van der Waals surface area contributed by atoms with E-state index >= 15 is 0 Å². The number of amides is 1. The molecule has 1 N–H and O–H groups in total. The first-order chi connectivity index (χ1) is 12.8. The van der Waals surface area contributed by atoms with Gasteiger partial charge in [0.25, 0.3) is 0 Å². The van der Waals surface area contributed by atoms with Gasteiger partial charge in [0.1, 0.15) is 5.60 Å². The molecule has 27 heavy (non-hydrogen) atoms. The SMILES string of the molecule is C[C@H](OC[C@H](C)NC(=O)OC(C)(C)C)C(c1ccccc1)c1ccccc1. The lowest BCUT2D eigenvalue weighted by Gasteiger charge is -2.27. The minimum absolute atomic E-state index is 0.0438. The maximum absolute atomic E-state index is 11.9. The molecule has 0 aliphatic heterocycles. The van der Waals surface area contributed by atoms with Gasteiger partial charge in [0.2, 0.25) is 0 Å². The largest absolute Gasteiger partial charge is 0.444 e. The Morgan fingerprint density at radius 1 is 0.926 bits per heavy atom. The zero-order valence-electron chi connectivity index (χ0n) is 16.9. The molecule has 0 heterocycles. The van der Waals surface area contributed by atoms with Gasteiger partial charge in [-0.15, -0.1) is 0 Å². The summed E-state index contributed by atoms with van der Waals surface area (Å²) in [5, 5.41) is 2.82. The van der Waals surface area contributed by atoms with Gasteiger partial charge in [-0.25, -0.2) is 4.79 Å². The summed E-state index contributed by atoms with van der Waals surface area (Å²) in [4.78, 5) is 11.9. The number of hydrogen-bond acceptors (Lipinski definition) is 3. The average molecular weight is 370 g/mol. The fourth-order valence-corrected chi connectivity index (χ4v) is 3.00. The number of alkyl carbamates (subject to hydrolysis) is 1. The molecule has 2 atom stereocenters. The Balaban J connectivity index is 2.00. The second kappa shape index (κ2) is 9.56. The molecule has 4 heteroatoms. The maximum atomic E-state index is 11.9. The average Bonchev–Trinajstić information content (AvgIpc) is 2.60. The van der Waals surface area contributed by atoms with Crippen molar-refractivity contribution in [2.75, 3.05) is 6.61 Å². The molecule has 146 valence electrons. The molecule has 0 unspecified atom stereocenters. The van der Waals surface area contributed by atoms with E-state index < -0.39 is 11.7 Å². The van der Waals surface area contributed by atoms with E-state index in [1.165, 1.54) is 11.1 Å². The van der Waals surface area contributed by atoms with Crippen molar-refractivity contribution in [3.63, 3.8) is 0 Å². The van der Waals surface area contributed by atoms with Gasteiger partial charge in [-0.1, -0.05) is 60.7 Å². The van der Waals surface area contributed by atoms with E-state index in [2.05, 4.69) is 36.5 Å². The van der Waals surface area contributed by atoms with Gasteiger partial charge in [0.05, 0.1) is 18.8 Å². The minimum atomic E-state index is -0.510. The predicted molar refractivity (Wildman–Crippen MR) is 109 cm³/mol. The number of rotatable bonds is 7. The first kappa shape index (κ1) is 21.0. The molecule has 0 bridgehead atoms. The summed E-state index contributed by atoms with van der Waals surface area (Å²) >= 11 is 0. The summed E-state index contributed by atoms with van der Waals surface area (Å²) in [5.41, 5.74) is 1.91. The molecule has 0 radical (unpaired) electrons. The second-order valence-corrected chi connectivity index (χ2v) is 7.88.